The lowest BCUT2D eigenvalue weighted by Gasteiger charge is -2.39. The molecule has 1 heterocycles. The highest BCUT2D eigenvalue weighted by atomic mass is 19.1. The molecule has 4 heteroatoms. The van der Waals surface area contributed by atoms with Gasteiger partial charge in [-0.15, -0.1) is 0 Å². The molecule has 1 aliphatic heterocycles. The van der Waals surface area contributed by atoms with Gasteiger partial charge in [0.15, 0.2) is 5.60 Å². The molecule has 112 valence electrons. The van der Waals surface area contributed by atoms with Gasteiger partial charge in [-0.3, -0.25) is 4.79 Å². The van der Waals surface area contributed by atoms with E-state index in [2.05, 4.69) is 19.2 Å². The lowest BCUT2D eigenvalue weighted by molar-refractivity contribution is -0.149. The molecule has 3 nitrogen and oxygen atoms in total. The molecule has 1 saturated heterocycles. The molecule has 21 heavy (non-hydrogen) atoms. The van der Waals surface area contributed by atoms with Crippen LogP contribution in [0.5, 0.6) is 0 Å². The average Bonchev–Trinajstić information content (AvgIpc) is 2.93. The second kappa shape index (κ2) is 3.86. The molecule has 2 saturated carbocycles. The van der Waals surface area contributed by atoms with Crippen LogP contribution in [0.1, 0.15) is 33.1 Å². The first-order chi connectivity index (χ1) is 9.91. The van der Waals surface area contributed by atoms with Gasteiger partial charge in [-0.25, -0.2) is 4.39 Å². The number of amides is 1. The second-order valence-corrected chi connectivity index (χ2v) is 7.27. The Morgan fingerprint density at radius 3 is 2.67 bits per heavy atom. The number of nitrogens with one attached hydrogen (secondary N) is 1. The van der Waals surface area contributed by atoms with Crippen LogP contribution in [-0.2, 0) is 9.53 Å². The fourth-order valence-corrected chi connectivity index (χ4v) is 5.02. The number of hydrogen-bond acceptors (Lipinski definition) is 2. The molecule has 4 bridgehead atoms. The molecule has 0 spiro atoms. The van der Waals surface area contributed by atoms with Crippen molar-refractivity contribution >= 4 is 11.6 Å². The standard InChI is InChI=1S/C17H20FNO2/c1-15-10-21-17(9-11(15)7-8-16(15,17)2)14(20)19-13-5-3-12(18)4-6-13/h3-6,11H,7-10H2,1-2H3,(H,19,20)/t11-,15-,16-,17-/m1/s1. The third kappa shape index (κ3) is 1.39. The quantitative estimate of drug-likeness (QED) is 0.906. The van der Waals surface area contributed by atoms with Gasteiger partial charge in [0.25, 0.3) is 5.91 Å². The van der Waals surface area contributed by atoms with E-state index in [0.717, 1.165) is 12.8 Å². The minimum atomic E-state index is -0.709. The highest BCUT2D eigenvalue weighted by molar-refractivity contribution is 5.99. The Bertz CT molecular complexity index is 616. The van der Waals surface area contributed by atoms with Gasteiger partial charge in [-0.2, -0.15) is 0 Å². The maximum Gasteiger partial charge on any atom is 0.257 e. The van der Waals surface area contributed by atoms with Crippen LogP contribution in [0.15, 0.2) is 24.3 Å². The lowest BCUT2D eigenvalue weighted by atomic mass is 9.66. The van der Waals surface area contributed by atoms with Gasteiger partial charge >= 0.3 is 0 Å². The highest BCUT2D eigenvalue weighted by Crippen LogP contribution is 2.75. The van der Waals surface area contributed by atoms with E-state index in [-0.39, 0.29) is 22.6 Å². The largest absolute Gasteiger partial charge is 0.364 e. The molecule has 4 rings (SSSR count). The summed E-state index contributed by atoms with van der Waals surface area (Å²) in [7, 11) is 0. The van der Waals surface area contributed by atoms with Crippen molar-refractivity contribution in [3.8, 4) is 0 Å². The van der Waals surface area contributed by atoms with Crippen molar-refractivity contribution in [3.63, 3.8) is 0 Å². The van der Waals surface area contributed by atoms with E-state index in [4.69, 9.17) is 4.74 Å². The monoisotopic (exact) mass is 289 g/mol. The number of carbonyl (C=O) groups excluding carboxylic acids is 1. The first-order valence-electron chi connectivity index (χ1n) is 7.62. The zero-order chi connectivity index (χ0) is 14.9. The summed E-state index contributed by atoms with van der Waals surface area (Å²) in [6.45, 7) is 5.15. The summed E-state index contributed by atoms with van der Waals surface area (Å²) in [6, 6.07) is 5.89. The maximum absolute atomic E-state index is 13.0. The smallest absolute Gasteiger partial charge is 0.257 e. The molecule has 0 unspecified atom stereocenters. The zero-order valence-electron chi connectivity index (χ0n) is 12.4. The molecule has 1 aromatic carbocycles. The van der Waals surface area contributed by atoms with Crippen LogP contribution in [0, 0.1) is 22.6 Å². The van der Waals surface area contributed by atoms with E-state index in [1.165, 1.54) is 18.6 Å². The van der Waals surface area contributed by atoms with E-state index in [1.54, 1.807) is 12.1 Å². The highest BCUT2D eigenvalue weighted by Gasteiger charge is 2.78. The molecular formula is C17H20FNO2. The molecule has 2 aliphatic carbocycles. The number of hydrogen-bond donors (Lipinski definition) is 1. The van der Waals surface area contributed by atoms with Crippen molar-refractivity contribution in [3.05, 3.63) is 30.1 Å². The number of halogens is 1. The zero-order valence-corrected chi connectivity index (χ0v) is 12.4. The summed E-state index contributed by atoms with van der Waals surface area (Å²) in [5.74, 6) is 0.209. The van der Waals surface area contributed by atoms with Gasteiger partial charge < -0.3 is 10.1 Å². The van der Waals surface area contributed by atoms with Gasteiger partial charge in [0.1, 0.15) is 5.82 Å². The Balaban J connectivity index is 1.65. The van der Waals surface area contributed by atoms with Gasteiger partial charge in [-0.05, 0) is 49.4 Å². The second-order valence-electron chi connectivity index (χ2n) is 7.27. The van der Waals surface area contributed by atoms with Crippen LogP contribution < -0.4 is 5.32 Å². The summed E-state index contributed by atoms with van der Waals surface area (Å²) in [4.78, 5) is 12.9. The summed E-state index contributed by atoms with van der Waals surface area (Å²) >= 11 is 0. The third-order valence-corrected chi connectivity index (χ3v) is 6.67. The third-order valence-electron chi connectivity index (χ3n) is 6.67. The van der Waals surface area contributed by atoms with E-state index in [0.29, 0.717) is 18.2 Å². The summed E-state index contributed by atoms with van der Waals surface area (Å²) in [6.07, 6.45) is 3.06. The van der Waals surface area contributed by atoms with E-state index in [1.807, 2.05) is 0 Å². The molecular weight excluding hydrogens is 269 g/mol. The average molecular weight is 289 g/mol. The van der Waals surface area contributed by atoms with Crippen molar-refractivity contribution < 1.29 is 13.9 Å². The van der Waals surface area contributed by atoms with Crippen molar-refractivity contribution in [2.24, 2.45) is 16.7 Å². The van der Waals surface area contributed by atoms with Crippen LogP contribution in [0.4, 0.5) is 10.1 Å². The normalized spacial score (nSPS) is 43.3. The van der Waals surface area contributed by atoms with Crippen LogP contribution >= 0.6 is 0 Å². The Labute approximate surface area is 123 Å². The summed E-state index contributed by atoms with van der Waals surface area (Å²) in [5, 5.41) is 2.93. The van der Waals surface area contributed by atoms with Crippen LogP contribution in [-0.4, -0.2) is 18.1 Å². The minimum Gasteiger partial charge on any atom is -0.364 e. The van der Waals surface area contributed by atoms with Crippen LogP contribution in [0.3, 0.4) is 0 Å². The number of benzene rings is 1. The predicted octanol–water partition coefficient (Wildman–Crippen LogP) is 3.36. The Hall–Kier alpha value is -1.42. The van der Waals surface area contributed by atoms with Crippen molar-refractivity contribution in [1.82, 2.24) is 0 Å². The summed E-state index contributed by atoms with van der Waals surface area (Å²) in [5.41, 5.74) is -0.0552. The molecule has 4 atom stereocenters. The van der Waals surface area contributed by atoms with E-state index in [9.17, 15) is 9.18 Å². The van der Waals surface area contributed by atoms with Crippen molar-refractivity contribution in [2.75, 3.05) is 11.9 Å². The number of anilines is 1. The number of ether oxygens (including phenoxy) is 1. The molecule has 3 fully saturated rings. The first kappa shape index (κ1) is 13.3. The summed E-state index contributed by atoms with van der Waals surface area (Å²) < 4.78 is 19.0. The molecule has 0 aromatic heterocycles. The van der Waals surface area contributed by atoms with Gasteiger partial charge in [0, 0.05) is 16.5 Å². The van der Waals surface area contributed by atoms with E-state index < -0.39 is 5.60 Å². The molecule has 3 aliphatic rings. The van der Waals surface area contributed by atoms with Gasteiger partial charge in [0.2, 0.25) is 0 Å². The van der Waals surface area contributed by atoms with Crippen LogP contribution in [0.25, 0.3) is 0 Å². The lowest BCUT2D eigenvalue weighted by Crippen LogP contribution is -2.52. The fourth-order valence-electron chi connectivity index (χ4n) is 5.02. The number of rotatable bonds is 2. The Kier molecular flexibility index (Phi) is 2.44. The molecule has 1 aromatic rings. The number of carbonyl (C=O) groups is 1. The predicted molar refractivity (Wildman–Crippen MR) is 77.3 cm³/mol. The van der Waals surface area contributed by atoms with Gasteiger partial charge in [-0.1, -0.05) is 13.8 Å². The first-order valence-corrected chi connectivity index (χ1v) is 7.62. The molecule has 1 N–H and O–H groups in total. The molecule has 1 amide bonds. The fraction of sp³-hybridized carbons (Fsp3) is 0.588. The van der Waals surface area contributed by atoms with E-state index >= 15 is 0 Å². The molecule has 0 radical (unpaired) electrons. The maximum atomic E-state index is 13.0. The van der Waals surface area contributed by atoms with Crippen LogP contribution in [0.2, 0.25) is 0 Å². The van der Waals surface area contributed by atoms with Gasteiger partial charge in [0.05, 0.1) is 6.61 Å². The SMILES string of the molecule is C[C@]12CC[C@@H]3C[C@]1(C(=O)Nc1ccc(F)cc1)OC[C@]32C. The Morgan fingerprint density at radius 1 is 1.33 bits per heavy atom. The van der Waals surface area contributed by atoms with Crippen molar-refractivity contribution in [2.45, 2.75) is 38.7 Å². The topological polar surface area (TPSA) is 38.3 Å². The van der Waals surface area contributed by atoms with Crippen molar-refractivity contribution in [1.29, 1.82) is 0 Å². The minimum absolute atomic E-state index is 0.0671. The Morgan fingerprint density at radius 2 is 2.05 bits per heavy atom.